The number of carboxylic acids is 1. The molecule has 0 radical (unpaired) electrons. The van der Waals surface area contributed by atoms with Crippen LogP contribution in [0.3, 0.4) is 0 Å². The number of allylic oxidation sites excluding steroid dienone is 1. The lowest BCUT2D eigenvalue weighted by Gasteiger charge is -2.26. The molecule has 0 fully saturated rings. The summed E-state index contributed by atoms with van der Waals surface area (Å²) in [6.07, 6.45) is 1.50. The van der Waals surface area contributed by atoms with Crippen LogP contribution >= 0.6 is 15.9 Å². The van der Waals surface area contributed by atoms with Gasteiger partial charge in [-0.2, -0.15) is 0 Å². The third-order valence-electron chi connectivity index (χ3n) is 4.06. The van der Waals surface area contributed by atoms with Crippen LogP contribution in [0, 0.1) is 0 Å². The van der Waals surface area contributed by atoms with Gasteiger partial charge in [-0.15, -0.1) is 0 Å². The van der Waals surface area contributed by atoms with E-state index in [1.54, 1.807) is 36.4 Å². The van der Waals surface area contributed by atoms with E-state index in [9.17, 15) is 14.7 Å². The van der Waals surface area contributed by atoms with Crippen molar-refractivity contribution in [1.82, 2.24) is 0 Å². The topological polar surface area (TPSA) is 105 Å². The van der Waals surface area contributed by atoms with Crippen LogP contribution < -0.4 is 5.32 Å². The molecule has 8 heteroatoms. The number of carbonyl (C=O) groups is 2. The van der Waals surface area contributed by atoms with Crippen molar-refractivity contribution in [3.05, 3.63) is 70.7 Å². The first-order valence-electron chi connectivity index (χ1n) is 8.83. The zero-order valence-corrected chi connectivity index (χ0v) is 17.3. The quantitative estimate of drug-likeness (QED) is 0.457. The summed E-state index contributed by atoms with van der Waals surface area (Å²) >= 11 is 3.33. The normalized spacial score (nSPS) is 13.0. The van der Waals surface area contributed by atoms with Crippen LogP contribution in [0.2, 0.25) is 0 Å². The summed E-state index contributed by atoms with van der Waals surface area (Å²) < 4.78 is 12.0. The van der Waals surface area contributed by atoms with Crippen LogP contribution in [-0.2, 0) is 14.3 Å². The Kier molecular flexibility index (Phi) is 8.69. The number of rotatable bonds is 9. The summed E-state index contributed by atoms with van der Waals surface area (Å²) in [5, 5.41) is 20.9. The smallest absolute Gasteiger partial charge is 0.412 e. The van der Waals surface area contributed by atoms with E-state index in [1.807, 2.05) is 0 Å². The van der Waals surface area contributed by atoms with Gasteiger partial charge in [0.1, 0.15) is 5.75 Å². The molecule has 0 bridgehead atoms. The first kappa shape index (κ1) is 22.4. The van der Waals surface area contributed by atoms with Gasteiger partial charge in [-0.1, -0.05) is 34.1 Å². The average Bonchev–Trinajstić information content (AvgIpc) is 2.69. The van der Waals surface area contributed by atoms with E-state index >= 15 is 0 Å². The molecule has 0 aliphatic carbocycles. The van der Waals surface area contributed by atoms with Crippen molar-refractivity contribution in [2.75, 3.05) is 12.4 Å². The summed E-state index contributed by atoms with van der Waals surface area (Å²) in [6.45, 7) is 0. The predicted octanol–water partition coefficient (Wildman–Crippen LogP) is 4.88. The van der Waals surface area contributed by atoms with Gasteiger partial charge in [0, 0.05) is 23.3 Å². The second-order valence-electron chi connectivity index (χ2n) is 6.14. The van der Waals surface area contributed by atoms with Gasteiger partial charge in [0.2, 0.25) is 0 Å². The SMILES string of the molecule is CO[C@@H](CC/C=C/C(=O)O)[C@@H](OC(=O)Nc1ccc(Br)cc1)c1ccc(O)cc1. The first-order valence-corrected chi connectivity index (χ1v) is 9.62. The molecule has 2 aromatic rings. The lowest BCUT2D eigenvalue weighted by molar-refractivity contribution is -0.131. The molecule has 0 spiro atoms. The lowest BCUT2D eigenvalue weighted by Crippen LogP contribution is -2.28. The number of halogens is 1. The number of aromatic hydroxyl groups is 1. The van der Waals surface area contributed by atoms with E-state index < -0.39 is 24.3 Å². The molecule has 2 atom stereocenters. The van der Waals surface area contributed by atoms with Crippen molar-refractivity contribution in [3.63, 3.8) is 0 Å². The van der Waals surface area contributed by atoms with Gasteiger partial charge in [-0.25, -0.2) is 9.59 Å². The highest BCUT2D eigenvalue weighted by molar-refractivity contribution is 9.10. The van der Waals surface area contributed by atoms with E-state index in [2.05, 4.69) is 21.2 Å². The van der Waals surface area contributed by atoms with Gasteiger partial charge in [-0.3, -0.25) is 5.32 Å². The Hall–Kier alpha value is -2.84. The number of hydrogen-bond acceptors (Lipinski definition) is 5. The third-order valence-corrected chi connectivity index (χ3v) is 4.59. The van der Waals surface area contributed by atoms with E-state index in [4.69, 9.17) is 14.6 Å². The second-order valence-corrected chi connectivity index (χ2v) is 7.06. The molecule has 29 heavy (non-hydrogen) atoms. The van der Waals surface area contributed by atoms with E-state index in [0.29, 0.717) is 24.1 Å². The van der Waals surface area contributed by atoms with Gasteiger partial charge in [0.15, 0.2) is 6.10 Å². The Balaban J connectivity index is 2.14. The summed E-state index contributed by atoms with van der Waals surface area (Å²) in [6, 6.07) is 13.3. The molecule has 1 amide bonds. The number of phenolic OH excluding ortho intramolecular Hbond substituents is 1. The summed E-state index contributed by atoms with van der Waals surface area (Å²) in [5.41, 5.74) is 1.21. The van der Waals surface area contributed by atoms with E-state index in [0.717, 1.165) is 10.5 Å². The number of ether oxygens (including phenoxy) is 2. The Labute approximate surface area is 177 Å². The molecule has 2 rings (SSSR count). The number of nitrogens with one attached hydrogen (secondary N) is 1. The summed E-state index contributed by atoms with van der Waals surface area (Å²) in [4.78, 5) is 23.1. The number of carboxylic acid groups (broad SMARTS) is 1. The zero-order valence-electron chi connectivity index (χ0n) is 15.7. The first-order chi connectivity index (χ1) is 13.9. The molecule has 7 nitrogen and oxygen atoms in total. The molecular weight excluding hydrogens is 442 g/mol. The number of carbonyl (C=O) groups excluding carboxylic acids is 1. The fourth-order valence-electron chi connectivity index (χ4n) is 2.66. The monoisotopic (exact) mass is 463 g/mol. The molecule has 0 aromatic heterocycles. The Morgan fingerprint density at radius 1 is 1.14 bits per heavy atom. The fraction of sp³-hybridized carbons (Fsp3) is 0.238. The maximum absolute atomic E-state index is 12.4. The highest BCUT2D eigenvalue weighted by Gasteiger charge is 2.27. The molecule has 0 unspecified atom stereocenters. The molecule has 154 valence electrons. The van der Waals surface area contributed by atoms with Crippen LogP contribution in [0.5, 0.6) is 5.75 Å². The van der Waals surface area contributed by atoms with Gasteiger partial charge in [-0.05, 0) is 54.8 Å². The van der Waals surface area contributed by atoms with Crippen LogP contribution in [0.1, 0.15) is 24.5 Å². The van der Waals surface area contributed by atoms with Crippen LogP contribution in [0.25, 0.3) is 0 Å². The van der Waals surface area contributed by atoms with E-state index in [1.165, 1.54) is 25.3 Å². The molecule has 2 aromatic carbocycles. The number of hydrogen-bond donors (Lipinski definition) is 3. The Morgan fingerprint density at radius 2 is 1.79 bits per heavy atom. The zero-order chi connectivity index (χ0) is 21.2. The number of aliphatic carboxylic acids is 1. The third kappa shape index (κ3) is 7.59. The lowest BCUT2D eigenvalue weighted by atomic mass is 10.00. The molecule has 0 heterocycles. The van der Waals surface area contributed by atoms with Crippen molar-refractivity contribution in [3.8, 4) is 5.75 Å². The van der Waals surface area contributed by atoms with Crippen LogP contribution in [-0.4, -0.2) is 35.5 Å². The van der Waals surface area contributed by atoms with Gasteiger partial charge in [0.05, 0.1) is 6.10 Å². The largest absolute Gasteiger partial charge is 0.508 e. The standard InChI is InChI=1S/C21H22BrNO6/c1-28-18(4-2-3-5-19(25)26)20(14-6-12-17(24)13-7-14)29-21(27)23-16-10-8-15(22)9-11-16/h3,5-13,18,20,24H,2,4H2,1H3,(H,23,27)(H,25,26)/b5-3+/t18-,20-/m0/s1. The molecule has 3 N–H and O–H groups in total. The van der Waals surface area contributed by atoms with Crippen molar-refractivity contribution >= 4 is 33.7 Å². The Morgan fingerprint density at radius 3 is 2.38 bits per heavy atom. The highest BCUT2D eigenvalue weighted by Crippen LogP contribution is 2.28. The summed E-state index contributed by atoms with van der Waals surface area (Å²) in [5.74, 6) is -0.940. The predicted molar refractivity (Wildman–Crippen MR) is 112 cm³/mol. The molecule has 0 aliphatic rings. The molecular formula is C21H22BrNO6. The van der Waals surface area contributed by atoms with Crippen LogP contribution in [0.15, 0.2) is 65.2 Å². The minimum absolute atomic E-state index is 0.0881. The van der Waals surface area contributed by atoms with E-state index in [-0.39, 0.29) is 5.75 Å². The summed E-state index contributed by atoms with van der Waals surface area (Å²) in [7, 11) is 1.50. The average molecular weight is 464 g/mol. The van der Waals surface area contributed by atoms with Gasteiger partial charge in [0.25, 0.3) is 0 Å². The molecule has 0 aliphatic heterocycles. The second kappa shape index (κ2) is 11.2. The maximum Gasteiger partial charge on any atom is 0.412 e. The molecule has 0 saturated carbocycles. The van der Waals surface area contributed by atoms with Gasteiger partial charge < -0.3 is 19.7 Å². The number of methoxy groups -OCH3 is 1. The number of amides is 1. The van der Waals surface area contributed by atoms with Crippen molar-refractivity contribution < 1.29 is 29.3 Å². The fourth-order valence-corrected chi connectivity index (χ4v) is 2.92. The minimum atomic E-state index is -1.03. The van der Waals surface area contributed by atoms with Crippen molar-refractivity contribution in [2.45, 2.75) is 25.0 Å². The number of anilines is 1. The van der Waals surface area contributed by atoms with Gasteiger partial charge >= 0.3 is 12.1 Å². The number of benzene rings is 2. The van der Waals surface area contributed by atoms with Crippen LogP contribution in [0.4, 0.5) is 10.5 Å². The van der Waals surface area contributed by atoms with Crippen molar-refractivity contribution in [1.29, 1.82) is 0 Å². The highest BCUT2D eigenvalue weighted by atomic mass is 79.9. The Bertz CT molecular complexity index is 835. The molecule has 0 saturated heterocycles. The number of phenols is 1. The minimum Gasteiger partial charge on any atom is -0.508 e. The maximum atomic E-state index is 12.4. The van der Waals surface area contributed by atoms with Crippen molar-refractivity contribution in [2.24, 2.45) is 0 Å².